The fourth-order valence-electron chi connectivity index (χ4n) is 2.53. The molecule has 2 aromatic rings. The Morgan fingerprint density at radius 2 is 1.86 bits per heavy atom. The lowest BCUT2D eigenvalue weighted by Gasteiger charge is -2.17. The first-order chi connectivity index (χ1) is 10.1. The number of hydrogen-bond donors (Lipinski definition) is 1. The smallest absolute Gasteiger partial charge is 0.227 e. The van der Waals surface area contributed by atoms with Crippen molar-refractivity contribution >= 4 is 33.4 Å². The minimum Gasteiger partial charge on any atom is -0.341 e. The average Bonchev–Trinajstić information content (AvgIpc) is 2.95. The van der Waals surface area contributed by atoms with Crippen molar-refractivity contribution in [2.45, 2.75) is 26.7 Å². The van der Waals surface area contributed by atoms with Crippen LogP contribution in [0.25, 0.3) is 0 Å². The van der Waals surface area contributed by atoms with Crippen LogP contribution in [0.4, 0.5) is 17.5 Å². The van der Waals surface area contributed by atoms with E-state index in [0.717, 1.165) is 40.7 Å². The highest BCUT2D eigenvalue weighted by Crippen LogP contribution is 2.27. The number of halogens is 1. The van der Waals surface area contributed by atoms with Crippen LogP contribution in [0.1, 0.15) is 24.1 Å². The molecule has 0 aliphatic carbocycles. The second-order valence-corrected chi connectivity index (χ2v) is 6.35. The van der Waals surface area contributed by atoms with Crippen molar-refractivity contribution in [2.75, 3.05) is 23.3 Å². The van der Waals surface area contributed by atoms with Gasteiger partial charge in [0.2, 0.25) is 5.95 Å². The fourth-order valence-corrected chi connectivity index (χ4v) is 3.13. The van der Waals surface area contributed by atoms with Crippen LogP contribution >= 0.6 is 15.9 Å². The number of nitrogens with zero attached hydrogens (tertiary/aromatic N) is 3. The molecule has 2 heterocycles. The average molecular weight is 347 g/mol. The Morgan fingerprint density at radius 3 is 2.57 bits per heavy atom. The summed E-state index contributed by atoms with van der Waals surface area (Å²) in [6.07, 6.45) is 2.45. The standard InChI is InChI=1S/C16H19BrN4/c1-11-5-6-14(13(17)9-11)19-15-10-12(2)18-16(20-15)21-7-3-4-8-21/h5-6,9-10H,3-4,7-8H2,1-2H3,(H,18,19,20). The van der Waals surface area contributed by atoms with E-state index in [1.165, 1.54) is 18.4 Å². The van der Waals surface area contributed by atoms with Crippen molar-refractivity contribution in [3.05, 3.63) is 40.0 Å². The molecule has 0 atom stereocenters. The zero-order valence-corrected chi connectivity index (χ0v) is 13.9. The van der Waals surface area contributed by atoms with E-state index >= 15 is 0 Å². The first kappa shape index (κ1) is 14.3. The molecule has 1 fully saturated rings. The molecule has 0 spiro atoms. The number of anilines is 3. The zero-order valence-electron chi connectivity index (χ0n) is 12.4. The first-order valence-corrected chi connectivity index (χ1v) is 8.05. The maximum absolute atomic E-state index is 4.66. The molecular weight excluding hydrogens is 328 g/mol. The molecule has 1 aromatic heterocycles. The number of hydrogen-bond acceptors (Lipinski definition) is 4. The molecule has 3 rings (SSSR count). The predicted molar refractivity (Wildman–Crippen MR) is 90.4 cm³/mol. The van der Waals surface area contributed by atoms with E-state index in [1.54, 1.807) is 0 Å². The Morgan fingerprint density at radius 1 is 1.10 bits per heavy atom. The molecule has 0 unspecified atom stereocenters. The number of nitrogens with one attached hydrogen (secondary N) is 1. The third-order valence-electron chi connectivity index (χ3n) is 3.62. The maximum atomic E-state index is 4.66. The monoisotopic (exact) mass is 346 g/mol. The normalized spacial score (nSPS) is 14.5. The highest BCUT2D eigenvalue weighted by Gasteiger charge is 2.16. The van der Waals surface area contributed by atoms with Crippen LogP contribution in [0, 0.1) is 13.8 Å². The number of aromatic nitrogens is 2. The highest BCUT2D eigenvalue weighted by atomic mass is 79.9. The van der Waals surface area contributed by atoms with E-state index in [2.05, 4.69) is 61.2 Å². The molecule has 4 nitrogen and oxygen atoms in total. The molecule has 0 bridgehead atoms. The molecule has 1 saturated heterocycles. The predicted octanol–water partition coefficient (Wildman–Crippen LogP) is 4.20. The summed E-state index contributed by atoms with van der Waals surface area (Å²) in [6.45, 7) is 6.19. The van der Waals surface area contributed by atoms with Crippen molar-refractivity contribution in [3.63, 3.8) is 0 Å². The van der Waals surface area contributed by atoms with Crippen LogP contribution in [0.3, 0.4) is 0 Å². The second-order valence-electron chi connectivity index (χ2n) is 5.50. The van der Waals surface area contributed by atoms with Gasteiger partial charge in [0, 0.05) is 29.3 Å². The van der Waals surface area contributed by atoms with Gasteiger partial charge >= 0.3 is 0 Å². The van der Waals surface area contributed by atoms with Crippen LogP contribution in [0.2, 0.25) is 0 Å². The van der Waals surface area contributed by atoms with E-state index < -0.39 is 0 Å². The molecule has 0 saturated carbocycles. The Bertz CT molecular complexity index is 651. The third kappa shape index (κ3) is 3.35. The van der Waals surface area contributed by atoms with Crippen molar-refractivity contribution in [1.82, 2.24) is 9.97 Å². The number of rotatable bonds is 3. The molecule has 1 N–H and O–H groups in total. The molecule has 1 aliphatic rings. The van der Waals surface area contributed by atoms with Crippen LogP contribution in [-0.2, 0) is 0 Å². The summed E-state index contributed by atoms with van der Waals surface area (Å²) in [4.78, 5) is 11.5. The Balaban J connectivity index is 1.87. The van der Waals surface area contributed by atoms with Gasteiger partial charge in [-0.05, 0) is 60.3 Å². The van der Waals surface area contributed by atoms with E-state index in [-0.39, 0.29) is 0 Å². The lowest BCUT2D eigenvalue weighted by atomic mass is 10.2. The molecule has 0 amide bonds. The molecule has 5 heteroatoms. The van der Waals surface area contributed by atoms with E-state index in [0.29, 0.717) is 0 Å². The van der Waals surface area contributed by atoms with Gasteiger partial charge in [-0.15, -0.1) is 0 Å². The zero-order chi connectivity index (χ0) is 14.8. The second kappa shape index (κ2) is 6.02. The lowest BCUT2D eigenvalue weighted by Crippen LogP contribution is -2.21. The van der Waals surface area contributed by atoms with Gasteiger partial charge in [0.1, 0.15) is 5.82 Å². The van der Waals surface area contributed by atoms with E-state index in [1.807, 2.05) is 13.0 Å². The van der Waals surface area contributed by atoms with Crippen molar-refractivity contribution in [2.24, 2.45) is 0 Å². The highest BCUT2D eigenvalue weighted by molar-refractivity contribution is 9.10. The summed E-state index contributed by atoms with van der Waals surface area (Å²) in [6, 6.07) is 8.22. The molecule has 21 heavy (non-hydrogen) atoms. The Kier molecular flexibility index (Phi) is 4.10. The third-order valence-corrected chi connectivity index (χ3v) is 4.27. The van der Waals surface area contributed by atoms with Crippen LogP contribution in [-0.4, -0.2) is 23.1 Å². The summed E-state index contributed by atoms with van der Waals surface area (Å²) < 4.78 is 1.04. The summed E-state index contributed by atoms with van der Waals surface area (Å²) in [5.41, 5.74) is 3.23. The van der Waals surface area contributed by atoms with Gasteiger partial charge in [-0.3, -0.25) is 0 Å². The van der Waals surface area contributed by atoms with Gasteiger partial charge in [-0.2, -0.15) is 4.98 Å². The lowest BCUT2D eigenvalue weighted by molar-refractivity contribution is 0.891. The summed E-state index contributed by atoms with van der Waals surface area (Å²) in [5.74, 6) is 1.67. The van der Waals surface area contributed by atoms with E-state index in [9.17, 15) is 0 Å². The van der Waals surface area contributed by atoms with Crippen molar-refractivity contribution in [3.8, 4) is 0 Å². The SMILES string of the molecule is Cc1ccc(Nc2cc(C)nc(N3CCCC3)n2)c(Br)c1. The number of benzene rings is 1. The summed E-state index contributed by atoms with van der Waals surface area (Å²) in [7, 11) is 0. The fraction of sp³-hybridized carbons (Fsp3) is 0.375. The molecule has 110 valence electrons. The molecule has 0 radical (unpaired) electrons. The van der Waals surface area contributed by atoms with Gasteiger partial charge in [0.25, 0.3) is 0 Å². The van der Waals surface area contributed by atoms with Crippen molar-refractivity contribution in [1.29, 1.82) is 0 Å². The van der Waals surface area contributed by atoms with Gasteiger partial charge in [-0.25, -0.2) is 4.98 Å². The van der Waals surface area contributed by atoms with Crippen molar-refractivity contribution < 1.29 is 0 Å². The van der Waals surface area contributed by atoms with Gasteiger partial charge in [0.15, 0.2) is 0 Å². The topological polar surface area (TPSA) is 41.1 Å². The van der Waals surface area contributed by atoms with Crippen LogP contribution < -0.4 is 10.2 Å². The minimum absolute atomic E-state index is 0.832. The van der Waals surface area contributed by atoms with Gasteiger partial charge in [0.05, 0.1) is 5.69 Å². The summed E-state index contributed by atoms with van der Waals surface area (Å²) >= 11 is 3.59. The van der Waals surface area contributed by atoms with Crippen LogP contribution in [0.15, 0.2) is 28.7 Å². The quantitative estimate of drug-likeness (QED) is 0.904. The first-order valence-electron chi connectivity index (χ1n) is 7.25. The molecular formula is C16H19BrN4. The number of aryl methyl sites for hydroxylation is 2. The molecule has 1 aliphatic heterocycles. The van der Waals surface area contributed by atoms with E-state index in [4.69, 9.17) is 0 Å². The van der Waals surface area contributed by atoms with Gasteiger partial charge in [-0.1, -0.05) is 6.07 Å². The maximum Gasteiger partial charge on any atom is 0.227 e. The molecule has 1 aromatic carbocycles. The Hall–Kier alpha value is -1.62. The largest absolute Gasteiger partial charge is 0.341 e. The van der Waals surface area contributed by atoms with Gasteiger partial charge < -0.3 is 10.2 Å². The van der Waals surface area contributed by atoms with Crippen LogP contribution in [0.5, 0.6) is 0 Å². The summed E-state index contributed by atoms with van der Waals surface area (Å²) in [5, 5.41) is 3.38. The minimum atomic E-state index is 0.832. The Labute approximate surface area is 133 Å².